The van der Waals surface area contributed by atoms with E-state index in [-0.39, 0.29) is 17.4 Å². The van der Waals surface area contributed by atoms with Crippen LogP contribution in [0.4, 0.5) is 5.69 Å². The molecule has 5 N–H and O–H groups in total. The van der Waals surface area contributed by atoms with Crippen molar-refractivity contribution in [2.45, 2.75) is 28.7 Å². The minimum atomic E-state index is -4.39. The number of aromatic amines is 1. The van der Waals surface area contributed by atoms with E-state index in [1.165, 1.54) is 6.07 Å². The lowest BCUT2D eigenvalue weighted by atomic mass is 10.0. The van der Waals surface area contributed by atoms with Gasteiger partial charge >= 0.3 is 0 Å². The van der Waals surface area contributed by atoms with Crippen LogP contribution in [-0.2, 0) is 19.9 Å². The molecule has 0 aliphatic carbocycles. The average molecular weight is 401 g/mol. The van der Waals surface area contributed by atoms with E-state index in [4.69, 9.17) is 10.9 Å². The highest BCUT2D eigenvalue weighted by Crippen LogP contribution is 2.38. The molecule has 11 nitrogen and oxygen atoms in total. The summed E-state index contributed by atoms with van der Waals surface area (Å²) in [6.07, 6.45) is 2.35. The number of anilines is 1. The van der Waals surface area contributed by atoms with E-state index in [0.717, 1.165) is 6.26 Å². The number of nitrogens with zero attached hydrogens (tertiary/aromatic N) is 4. The standard InChI is InChI=1S/C13H19N7O4S2/c1-25(21,22)10-3-2-9(20-6-4-8(14)5-7-20)11(12(10)26(15,23)24)13-16-18-19-17-13/h2-3,8H,4-7,14H2,1H3,(H2,15,23,24)(H,16,17,18,19). The third kappa shape index (κ3) is 3.56. The van der Waals surface area contributed by atoms with Crippen molar-refractivity contribution in [2.75, 3.05) is 24.2 Å². The van der Waals surface area contributed by atoms with E-state index >= 15 is 0 Å². The fourth-order valence-corrected chi connectivity index (χ4v) is 5.42. The van der Waals surface area contributed by atoms with Gasteiger partial charge in [0.2, 0.25) is 10.0 Å². The third-order valence-corrected chi connectivity index (χ3v) is 6.51. The molecule has 3 rings (SSSR count). The second-order valence-electron chi connectivity index (χ2n) is 6.18. The summed E-state index contributed by atoms with van der Waals surface area (Å²) >= 11 is 0. The number of tetrazole rings is 1. The van der Waals surface area contributed by atoms with Gasteiger partial charge in [0.15, 0.2) is 15.7 Å². The maximum Gasteiger partial charge on any atom is 0.240 e. The summed E-state index contributed by atoms with van der Waals surface area (Å²) in [5, 5.41) is 18.6. The van der Waals surface area contributed by atoms with Gasteiger partial charge in [0, 0.05) is 31.1 Å². The molecule has 13 heteroatoms. The Morgan fingerprint density at radius 1 is 1.19 bits per heavy atom. The van der Waals surface area contributed by atoms with E-state index in [1.807, 2.05) is 4.90 Å². The van der Waals surface area contributed by atoms with Gasteiger partial charge in [-0.05, 0) is 35.4 Å². The van der Waals surface area contributed by atoms with Crippen LogP contribution in [0.3, 0.4) is 0 Å². The molecule has 1 aromatic carbocycles. The first-order valence-electron chi connectivity index (χ1n) is 7.73. The summed E-state index contributed by atoms with van der Waals surface area (Å²) in [6, 6.07) is 2.85. The zero-order chi connectivity index (χ0) is 19.1. The minimum Gasteiger partial charge on any atom is -0.371 e. The van der Waals surface area contributed by atoms with Crippen LogP contribution in [0.5, 0.6) is 0 Å². The molecule has 0 saturated carbocycles. The smallest absolute Gasteiger partial charge is 0.240 e. The number of aromatic nitrogens is 4. The molecule has 1 saturated heterocycles. The fourth-order valence-electron chi connectivity index (χ4n) is 3.03. The Balaban J connectivity index is 2.33. The van der Waals surface area contributed by atoms with Crippen molar-refractivity contribution < 1.29 is 16.8 Å². The van der Waals surface area contributed by atoms with Crippen molar-refractivity contribution >= 4 is 25.5 Å². The monoisotopic (exact) mass is 401 g/mol. The van der Waals surface area contributed by atoms with Crippen molar-refractivity contribution in [3.8, 4) is 11.4 Å². The number of benzene rings is 1. The van der Waals surface area contributed by atoms with Gasteiger partial charge in [0.05, 0.1) is 10.5 Å². The largest absolute Gasteiger partial charge is 0.371 e. The maximum absolute atomic E-state index is 12.3. The lowest BCUT2D eigenvalue weighted by Crippen LogP contribution is -2.40. The second-order valence-corrected chi connectivity index (χ2v) is 9.66. The summed E-state index contributed by atoms with van der Waals surface area (Å²) in [5.41, 5.74) is 6.44. The van der Waals surface area contributed by atoms with Crippen molar-refractivity contribution in [3.63, 3.8) is 0 Å². The van der Waals surface area contributed by atoms with Gasteiger partial charge < -0.3 is 10.6 Å². The molecule has 1 fully saturated rings. The Kier molecular flexibility index (Phi) is 4.72. The summed E-state index contributed by atoms with van der Waals surface area (Å²) < 4.78 is 48.9. The Hall–Kier alpha value is -2.09. The zero-order valence-corrected chi connectivity index (χ0v) is 15.6. The Morgan fingerprint density at radius 3 is 2.35 bits per heavy atom. The van der Waals surface area contributed by atoms with Gasteiger partial charge in [-0.2, -0.15) is 0 Å². The number of hydrogen-bond acceptors (Lipinski definition) is 9. The summed E-state index contributed by atoms with van der Waals surface area (Å²) in [7, 11) is -8.26. The summed E-state index contributed by atoms with van der Waals surface area (Å²) in [5.74, 6) is 0.0180. The molecule has 1 aliphatic heterocycles. The van der Waals surface area contributed by atoms with E-state index in [2.05, 4.69) is 20.6 Å². The van der Waals surface area contributed by atoms with Gasteiger partial charge in [-0.25, -0.2) is 27.1 Å². The number of H-pyrrole nitrogens is 1. The lowest BCUT2D eigenvalue weighted by molar-refractivity contribution is 0.501. The third-order valence-electron chi connectivity index (χ3n) is 4.25. The van der Waals surface area contributed by atoms with E-state index < -0.39 is 29.7 Å². The molecular formula is C13H19N7O4S2. The van der Waals surface area contributed by atoms with Crippen molar-refractivity contribution in [2.24, 2.45) is 10.9 Å². The van der Waals surface area contributed by atoms with Gasteiger partial charge in [-0.1, -0.05) is 0 Å². The summed E-state index contributed by atoms with van der Waals surface area (Å²) in [4.78, 5) is 0.997. The highest BCUT2D eigenvalue weighted by Gasteiger charge is 2.31. The van der Waals surface area contributed by atoms with Gasteiger partial charge in [0.25, 0.3) is 0 Å². The molecule has 0 spiro atoms. The van der Waals surface area contributed by atoms with Crippen LogP contribution in [0.1, 0.15) is 12.8 Å². The van der Waals surface area contributed by atoms with Crippen LogP contribution in [0, 0.1) is 0 Å². The van der Waals surface area contributed by atoms with Crippen LogP contribution in [-0.4, -0.2) is 62.8 Å². The highest BCUT2D eigenvalue weighted by atomic mass is 32.2. The number of nitrogens with one attached hydrogen (secondary N) is 1. The molecule has 26 heavy (non-hydrogen) atoms. The first-order valence-corrected chi connectivity index (χ1v) is 11.2. The molecule has 0 bridgehead atoms. The normalized spacial score (nSPS) is 16.8. The predicted molar refractivity (Wildman–Crippen MR) is 93.5 cm³/mol. The number of primary sulfonamides is 1. The molecule has 142 valence electrons. The van der Waals surface area contributed by atoms with Crippen LogP contribution >= 0.6 is 0 Å². The van der Waals surface area contributed by atoms with Gasteiger partial charge in [0.1, 0.15) is 4.90 Å². The molecule has 0 atom stereocenters. The molecule has 2 heterocycles. The Morgan fingerprint density at radius 2 is 1.85 bits per heavy atom. The van der Waals surface area contributed by atoms with Crippen molar-refractivity contribution in [1.29, 1.82) is 0 Å². The van der Waals surface area contributed by atoms with E-state index in [1.54, 1.807) is 6.07 Å². The molecule has 2 aromatic rings. The topological polar surface area (TPSA) is 178 Å². The number of piperidine rings is 1. The number of sulfonamides is 1. The highest BCUT2D eigenvalue weighted by molar-refractivity contribution is 7.93. The molecule has 1 aliphatic rings. The van der Waals surface area contributed by atoms with Crippen LogP contribution < -0.4 is 15.8 Å². The zero-order valence-electron chi connectivity index (χ0n) is 14.0. The SMILES string of the molecule is CS(=O)(=O)c1ccc(N2CCC(N)CC2)c(-c2nnn[nH]2)c1S(N)(=O)=O. The number of rotatable bonds is 4. The number of nitrogens with two attached hydrogens (primary N) is 2. The number of sulfone groups is 1. The van der Waals surface area contributed by atoms with Crippen molar-refractivity contribution in [1.82, 2.24) is 20.6 Å². The number of hydrogen-bond donors (Lipinski definition) is 3. The molecule has 0 amide bonds. The van der Waals surface area contributed by atoms with E-state index in [0.29, 0.717) is 31.6 Å². The average Bonchev–Trinajstić information content (AvgIpc) is 3.06. The molecule has 0 unspecified atom stereocenters. The lowest BCUT2D eigenvalue weighted by Gasteiger charge is -2.33. The first-order chi connectivity index (χ1) is 12.1. The molecular weight excluding hydrogens is 382 g/mol. The van der Waals surface area contributed by atoms with Gasteiger partial charge in [-0.3, -0.25) is 0 Å². The van der Waals surface area contributed by atoms with Gasteiger partial charge in [-0.15, -0.1) is 5.10 Å². The first kappa shape index (κ1) is 18.7. The van der Waals surface area contributed by atoms with Crippen LogP contribution in [0.2, 0.25) is 0 Å². The minimum absolute atomic E-state index is 0.0180. The molecule has 1 aromatic heterocycles. The fraction of sp³-hybridized carbons (Fsp3) is 0.462. The van der Waals surface area contributed by atoms with Crippen LogP contribution in [0.25, 0.3) is 11.4 Å². The predicted octanol–water partition coefficient (Wildman–Crippen LogP) is -1.15. The van der Waals surface area contributed by atoms with E-state index in [9.17, 15) is 16.8 Å². The Labute approximate surface area is 150 Å². The maximum atomic E-state index is 12.3. The quantitative estimate of drug-likeness (QED) is 0.570. The van der Waals surface area contributed by atoms with Crippen molar-refractivity contribution in [3.05, 3.63) is 12.1 Å². The Bertz CT molecular complexity index is 1010. The van der Waals surface area contributed by atoms with Crippen LogP contribution in [0.15, 0.2) is 21.9 Å². The summed E-state index contributed by atoms with van der Waals surface area (Å²) in [6.45, 7) is 1.16. The second kappa shape index (κ2) is 6.57. The molecule has 0 radical (unpaired) electrons.